The molecule has 3 aliphatic rings. The number of hydroxylamine groups is 1. The molecule has 2 aliphatic heterocycles. The van der Waals surface area contributed by atoms with E-state index in [4.69, 9.17) is 4.99 Å². The summed E-state index contributed by atoms with van der Waals surface area (Å²) in [5.74, 6) is 0.514. The van der Waals surface area contributed by atoms with E-state index in [1.54, 1.807) is 0 Å². The molecule has 0 saturated heterocycles. The van der Waals surface area contributed by atoms with E-state index < -0.39 is 0 Å². The van der Waals surface area contributed by atoms with Gasteiger partial charge in [-0.2, -0.15) is 0 Å². The van der Waals surface area contributed by atoms with Crippen LogP contribution in [0.2, 0.25) is 0 Å². The van der Waals surface area contributed by atoms with E-state index in [0.29, 0.717) is 12.3 Å². The zero-order valence-corrected chi connectivity index (χ0v) is 12.7. The van der Waals surface area contributed by atoms with Crippen molar-refractivity contribution in [2.75, 3.05) is 0 Å². The molecule has 1 aliphatic carbocycles. The lowest BCUT2D eigenvalue weighted by Crippen LogP contribution is -2.21. The number of fused-ring (bicyclic) bond motifs is 4. The molecule has 0 atom stereocenters. The van der Waals surface area contributed by atoms with E-state index in [2.05, 4.69) is 38.5 Å². The molecule has 0 aromatic heterocycles. The number of nitrogens with one attached hydrogen (secondary N) is 1. The summed E-state index contributed by atoms with van der Waals surface area (Å²) in [7, 11) is 0. The van der Waals surface area contributed by atoms with Crippen molar-refractivity contribution in [3.8, 4) is 0 Å². The first-order valence-corrected chi connectivity index (χ1v) is 7.52. The van der Waals surface area contributed by atoms with Gasteiger partial charge in [0.15, 0.2) is 0 Å². The van der Waals surface area contributed by atoms with Gasteiger partial charge in [0.25, 0.3) is 0 Å². The predicted molar refractivity (Wildman–Crippen MR) is 87.1 cm³/mol. The van der Waals surface area contributed by atoms with Crippen LogP contribution in [0.15, 0.2) is 62.2 Å². The number of hydrogen-bond acceptors (Lipinski definition) is 4. The van der Waals surface area contributed by atoms with Gasteiger partial charge in [-0.3, -0.25) is 15.7 Å². The Hall–Kier alpha value is -1.98. The van der Waals surface area contributed by atoms with E-state index in [1.807, 2.05) is 24.3 Å². The Balaban J connectivity index is 2.01. The molecule has 0 saturated carbocycles. The third kappa shape index (κ3) is 1.92. The number of amidine groups is 1. The monoisotopic (exact) mass is 341 g/mol. The van der Waals surface area contributed by atoms with Gasteiger partial charge in [-0.05, 0) is 40.1 Å². The number of benzene rings is 1. The average molecular weight is 342 g/mol. The van der Waals surface area contributed by atoms with E-state index in [0.717, 1.165) is 39.1 Å². The van der Waals surface area contributed by atoms with Crippen LogP contribution in [0.5, 0.6) is 0 Å². The number of rotatable bonds is 0. The molecule has 104 valence electrons. The number of para-hydroxylation sites is 1. The van der Waals surface area contributed by atoms with Crippen LogP contribution in [0.25, 0.3) is 5.57 Å². The maximum Gasteiger partial charge on any atom is 0.132 e. The molecule has 0 amide bonds. The predicted octanol–water partition coefficient (Wildman–Crippen LogP) is 3.87. The largest absolute Gasteiger partial charge is 0.290 e. The second kappa shape index (κ2) is 4.79. The quantitative estimate of drug-likeness (QED) is 0.703. The molecule has 2 N–H and O–H groups in total. The molecule has 0 bridgehead atoms. The topological polar surface area (TPSA) is 57.0 Å². The minimum Gasteiger partial charge on any atom is -0.290 e. The van der Waals surface area contributed by atoms with Gasteiger partial charge in [-0.25, -0.2) is 4.99 Å². The highest BCUT2D eigenvalue weighted by Gasteiger charge is 2.30. The zero-order chi connectivity index (χ0) is 14.4. The van der Waals surface area contributed by atoms with E-state index in [9.17, 15) is 5.21 Å². The third-order valence-electron chi connectivity index (χ3n) is 3.83. The van der Waals surface area contributed by atoms with Gasteiger partial charge < -0.3 is 0 Å². The zero-order valence-electron chi connectivity index (χ0n) is 11.1. The molecule has 1 aromatic carbocycles. The molecule has 5 heteroatoms. The van der Waals surface area contributed by atoms with Gasteiger partial charge >= 0.3 is 0 Å². The van der Waals surface area contributed by atoms with Crippen molar-refractivity contribution in [1.29, 1.82) is 0 Å². The lowest BCUT2D eigenvalue weighted by Gasteiger charge is -2.12. The number of hydrogen-bond donors (Lipinski definition) is 2. The SMILES string of the molecule is ONC1=Nc2ccccc2C2=C3CC=CC(Br)=C3N=C2C1. The van der Waals surface area contributed by atoms with Gasteiger partial charge in [0, 0.05) is 15.6 Å². The van der Waals surface area contributed by atoms with Crippen molar-refractivity contribution in [3.63, 3.8) is 0 Å². The number of aliphatic imine (C=N–C) groups is 2. The minimum absolute atomic E-state index is 0.494. The van der Waals surface area contributed by atoms with E-state index in [-0.39, 0.29) is 0 Å². The Labute approximate surface area is 130 Å². The summed E-state index contributed by atoms with van der Waals surface area (Å²) in [5, 5.41) is 9.29. The van der Waals surface area contributed by atoms with Crippen molar-refractivity contribution in [2.45, 2.75) is 12.8 Å². The Morgan fingerprint density at radius 3 is 2.90 bits per heavy atom. The number of nitrogens with zero attached hydrogens (tertiary/aromatic N) is 2. The molecule has 0 radical (unpaired) electrons. The maximum atomic E-state index is 9.29. The fraction of sp³-hybridized carbons (Fsp3) is 0.125. The second-order valence-electron chi connectivity index (χ2n) is 5.08. The fourth-order valence-corrected chi connectivity index (χ4v) is 3.46. The molecular formula is C16H12BrN3O. The summed E-state index contributed by atoms with van der Waals surface area (Å²) < 4.78 is 1.00. The van der Waals surface area contributed by atoms with Crippen molar-refractivity contribution in [3.05, 3.63) is 57.7 Å². The van der Waals surface area contributed by atoms with Crippen LogP contribution in [-0.4, -0.2) is 16.8 Å². The van der Waals surface area contributed by atoms with Crippen LogP contribution in [0.4, 0.5) is 5.69 Å². The summed E-state index contributed by atoms with van der Waals surface area (Å²) in [5.41, 5.74) is 8.44. The summed E-state index contributed by atoms with van der Waals surface area (Å²) in [6, 6.07) is 7.98. The molecule has 0 fully saturated rings. The van der Waals surface area contributed by atoms with Crippen molar-refractivity contribution >= 4 is 38.7 Å². The Morgan fingerprint density at radius 2 is 2.05 bits per heavy atom. The van der Waals surface area contributed by atoms with E-state index in [1.165, 1.54) is 5.57 Å². The summed E-state index contributed by atoms with van der Waals surface area (Å²) >= 11 is 3.58. The lowest BCUT2D eigenvalue weighted by atomic mass is 9.92. The summed E-state index contributed by atoms with van der Waals surface area (Å²) in [4.78, 5) is 9.25. The van der Waals surface area contributed by atoms with Crippen molar-refractivity contribution in [1.82, 2.24) is 5.48 Å². The second-order valence-corrected chi connectivity index (χ2v) is 5.93. The van der Waals surface area contributed by atoms with Gasteiger partial charge in [0.05, 0.1) is 23.5 Å². The number of halogens is 1. The molecular weight excluding hydrogens is 330 g/mol. The van der Waals surface area contributed by atoms with Crippen LogP contribution in [-0.2, 0) is 0 Å². The molecule has 2 heterocycles. The van der Waals surface area contributed by atoms with Gasteiger partial charge in [0.2, 0.25) is 0 Å². The molecule has 1 aromatic rings. The van der Waals surface area contributed by atoms with Gasteiger partial charge in [-0.1, -0.05) is 24.3 Å². The summed E-state index contributed by atoms with van der Waals surface area (Å²) in [6.45, 7) is 0. The average Bonchev–Trinajstić information content (AvgIpc) is 2.78. The maximum absolute atomic E-state index is 9.29. The van der Waals surface area contributed by atoms with Crippen LogP contribution < -0.4 is 5.48 Å². The molecule has 21 heavy (non-hydrogen) atoms. The fourth-order valence-electron chi connectivity index (χ4n) is 2.94. The van der Waals surface area contributed by atoms with E-state index >= 15 is 0 Å². The highest BCUT2D eigenvalue weighted by atomic mass is 79.9. The third-order valence-corrected chi connectivity index (χ3v) is 4.47. The minimum atomic E-state index is 0.494. The summed E-state index contributed by atoms with van der Waals surface area (Å²) in [6.07, 6.45) is 5.53. The Kier molecular flexibility index (Phi) is 2.90. The smallest absolute Gasteiger partial charge is 0.132 e. The molecule has 0 unspecified atom stereocenters. The normalized spacial score (nSPS) is 19.5. The molecule has 0 spiro atoms. The highest BCUT2D eigenvalue weighted by molar-refractivity contribution is 9.11. The van der Waals surface area contributed by atoms with Crippen LogP contribution in [0.3, 0.4) is 0 Å². The first kappa shape index (κ1) is 12.7. The highest BCUT2D eigenvalue weighted by Crippen LogP contribution is 2.44. The van der Waals surface area contributed by atoms with Gasteiger partial charge in [-0.15, -0.1) is 0 Å². The number of allylic oxidation sites excluding steroid dienone is 5. The van der Waals surface area contributed by atoms with Crippen LogP contribution in [0.1, 0.15) is 18.4 Å². The van der Waals surface area contributed by atoms with Crippen LogP contribution >= 0.6 is 15.9 Å². The van der Waals surface area contributed by atoms with Crippen molar-refractivity contribution < 1.29 is 5.21 Å². The van der Waals surface area contributed by atoms with Gasteiger partial charge in [0.1, 0.15) is 5.84 Å². The first-order valence-electron chi connectivity index (χ1n) is 6.73. The standard InChI is InChI=1S/C16H12BrN3O/c17-11-6-3-5-10-15-9-4-1-2-7-12(9)18-14(20-21)8-13(15)19-16(10)11/h1-4,6-7,21H,5,8H2,(H,18,20). The lowest BCUT2D eigenvalue weighted by molar-refractivity contribution is 0.233. The molecule has 4 rings (SSSR count). The van der Waals surface area contributed by atoms with Crippen molar-refractivity contribution in [2.24, 2.45) is 9.98 Å². The molecule has 4 nitrogen and oxygen atoms in total. The first-order chi connectivity index (χ1) is 10.3. The Bertz CT molecular complexity index is 799. The Morgan fingerprint density at radius 1 is 1.19 bits per heavy atom. The van der Waals surface area contributed by atoms with Crippen LogP contribution in [0, 0.1) is 0 Å².